The number of hydrogen-bond donors (Lipinski definition) is 3. The predicted octanol–water partition coefficient (Wildman–Crippen LogP) is 4.01. The highest BCUT2D eigenvalue weighted by atomic mass is 16.5. The van der Waals surface area contributed by atoms with E-state index in [2.05, 4.69) is 23.8 Å². The van der Waals surface area contributed by atoms with Gasteiger partial charge in [0, 0.05) is 12.8 Å². The number of hydrogen-bond acceptors (Lipinski definition) is 5. The molecule has 0 heterocycles. The number of amides is 2. The number of carbonyl (C=O) groups is 3. The van der Waals surface area contributed by atoms with Gasteiger partial charge in [-0.25, -0.2) is 0 Å². The van der Waals surface area contributed by atoms with Gasteiger partial charge in [-0.05, 0) is 50.5 Å². The fourth-order valence-electron chi connectivity index (χ4n) is 4.62. The zero-order valence-corrected chi connectivity index (χ0v) is 21.4. The minimum absolute atomic E-state index is 0.000746. The maximum absolute atomic E-state index is 13.2. The van der Waals surface area contributed by atoms with Crippen LogP contribution in [-0.4, -0.2) is 47.7 Å². The van der Waals surface area contributed by atoms with Gasteiger partial charge < -0.3 is 20.5 Å². The van der Waals surface area contributed by atoms with Crippen LogP contribution in [-0.2, 0) is 25.5 Å². The molecule has 2 rings (SSSR count). The van der Waals surface area contributed by atoms with Crippen LogP contribution in [0.25, 0.3) is 0 Å². The molecular weight excluding hydrogens is 456 g/mol. The van der Waals surface area contributed by atoms with Crippen molar-refractivity contribution >= 4 is 17.8 Å². The molecule has 0 spiro atoms. The molecule has 0 aliphatic heterocycles. The number of unbranched alkanes of at least 4 members (excludes halogenated alkanes) is 2. The molecule has 2 amide bonds. The summed E-state index contributed by atoms with van der Waals surface area (Å²) >= 11 is 0. The predicted molar refractivity (Wildman–Crippen MR) is 141 cm³/mol. The molecule has 0 radical (unpaired) electrons. The third-order valence-corrected chi connectivity index (χ3v) is 6.68. The first-order valence-corrected chi connectivity index (χ1v) is 13.0. The van der Waals surface area contributed by atoms with Gasteiger partial charge in [-0.3, -0.25) is 14.4 Å². The average molecular weight is 499 g/mol. The summed E-state index contributed by atoms with van der Waals surface area (Å²) < 4.78 is 5.49. The Morgan fingerprint density at radius 3 is 2.44 bits per heavy atom. The van der Waals surface area contributed by atoms with E-state index in [1.54, 1.807) is 6.08 Å². The highest BCUT2D eigenvalue weighted by Crippen LogP contribution is 2.29. The zero-order valence-electron chi connectivity index (χ0n) is 21.4. The van der Waals surface area contributed by atoms with Crippen LogP contribution in [0.2, 0.25) is 0 Å². The highest BCUT2D eigenvalue weighted by molar-refractivity contribution is 5.86. The summed E-state index contributed by atoms with van der Waals surface area (Å²) in [6.07, 6.45) is 10.5. The number of benzene rings is 1. The Morgan fingerprint density at radius 2 is 1.81 bits per heavy atom. The first-order chi connectivity index (χ1) is 17.4. The Morgan fingerprint density at radius 1 is 1.08 bits per heavy atom. The van der Waals surface area contributed by atoms with E-state index in [9.17, 15) is 19.5 Å². The summed E-state index contributed by atoms with van der Waals surface area (Å²) in [6, 6.07) is 9.26. The van der Waals surface area contributed by atoms with E-state index in [1.165, 1.54) is 0 Å². The lowest BCUT2D eigenvalue weighted by Gasteiger charge is -2.29. The minimum atomic E-state index is -0.604. The van der Waals surface area contributed by atoms with Crippen LogP contribution in [0.1, 0.15) is 69.8 Å². The molecule has 2 unspecified atom stereocenters. The van der Waals surface area contributed by atoms with Crippen molar-refractivity contribution in [2.45, 2.75) is 82.2 Å². The molecule has 1 saturated carbocycles. The molecule has 0 saturated heterocycles. The number of ether oxygens (including phenoxy) is 1. The van der Waals surface area contributed by atoms with Crippen molar-refractivity contribution in [1.29, 1.82) is 0 Å². The summed E-state index contributed by atoms with van der Waals surface area (Å²) in [5, 5.41) is 15.8. The molecule has 0 aromatic heterocycles. The van der Waals surface area contributed by atoms with Crippen LogP contribution in [0.15, 0.2) is 55.6 Å². The molecule has 7 nitrogen and oxygen atoms in total. The van der Waals surface area contributed by atoms with Gasteiger partial charge in [-0.2, -0.15) is 0 Å². The SMILES string of the molecule is C=CCCCCC(=O)OCC(Cc1ccccc1)NC(=O)C(CC=C)CC(=O)NC1(CO)CCCC1. The van der Waals surface area contributed by atoms with Crippen LogP contribution in [0.4, 0.5) is 0 Å². The standard InChI is InChI=1S/C29H42N2O5/c1-3-5-6-10-16-27(34)36-21-25(19-23-14-8-7-9-15-23)30-28(35)24(13-4-2)20-26(33)31-29(22-32)17-11-12-18-29/h3-4,7-9,14-15,24-25,32H,1-2,5-6,10-13,16-22H2,(H,30,35)(H,31,33). The number of carbonyl (C=O) groups excluding carboxylic acids is 3. The summed E-state index contributed by atoms with van der Waals surface area (Å²) in [4.78, 5) is 38.2. The van der Waals surface area contributed by atoms with Crippen molar-refractivity contribution in [2.24, 2.45) is 5.92 Å². The highest BCUT2D eigenvalue weighted by Gasteiger charge is 2.35. The third kappa shape index (κ3) is 10.4. The van der Waals surface area contributed by atoms with Gasteiger partial charge in [0.05, 0.1) is 24.1 Å². The molecule has 7 heteroatoms. The number of nitrogens with one attached hydrogen (secondary N) is 2. The Bertz CT molecular complexity index is 848. The van der Waals surface area contributed by atoms with Gasteiger partial charge in [0.2, 0.25) is 11.8 Å². The molecule has 198 valence electrons. The Hall–Kier alpha value is -2.93. The van der Waals surface area contributed by atoms with Crippen LogP contribution in [0.3, 0.4) is 0 Å². The second-order valence-electron chi connectivity index (χ2n) is 9.73. The van der Waals surface area contributed by atoms with E-state index in [1.807, 2.05) is 36.4 Å². The first kappa shape index (κ1) is 29.3. The Kier molecular flexibility index (Phi) is 13.0. The lowest BCUT2D eigenvalue weighted by molar-refractivity contribution is -0.145. The maximum Gasteiger partial charge on any atom is 0.305 e. The van der Waals surface area contributed by atoms with Gasteiger partial charge in [0.25, 0.3) is 0 Å². The van der Waals surface area contributed by atoms with Crippen molar-refractivity contribution in [2.75, 3.05) is 13.2 Å². The molecule has 1 aromatic rings. The fourth-order valence-corrected chi connectivity index (χ4v) is 4.62. The summed E-state index contributed by atoms with van der Waals surface area (Å²) in [7, 11) is 0. The van der Waals surface area contributed by atoms with Crippen molar-refractivity contribution in [3.8, 4) is 0 Å². The van der Waals surface area contributed by atoms with E-state index >= 15 is 0 Å². The van der Waals surface area contributed by atoms with Gasteiger partial charge >= 0.3 is 5.97 Å². The number of esters is 1. The zero-order chi connectivity index (χ0) is 26.2. The monoisotopic (exact) mass is 498 g/mol. The molecule has 36 heavy (non-hydrogen) atoms. The molecule has 0 bridgehead atoms. The van der Waals surface area contributed by atoms with E-state index in [4.69, 9.17) is 4.74 Å². The smallest absolute Gasteiger partial charge is 0.305 e. The number of aliphatic hydroxyl groups is 1. The van der Waals surface area contributed by atoms with Crippen molar-refractivity contribution in [3.63, 3.8) is 0 Å². The number of aliphatic hydroxyl groups excluding tert-OH is 1. The first-order valence-electron chi connectivity index (χ1n) is 13.0. The average Bonchev–Trinajstić information content (AvgIpc) is 3.34. The van der Waals surface area contributed by atoms with Gasteiger partial charge in [0.1, 0.15) is 6.61 Å². The second-order valence-corrected chi connectivity index (χ2v) is 9.73. The van der Waals surface area contributed by atoms with E-state index in [-0.39, 0.29) is 37.4 Å². The molecule has 3 N–H and O–H groups in total. The van der Waals surface area contributed by atoms with E-state index < -0.39 is 17.5 Å². The van der Waals surface area contributed by atoms with Crippen LogP contribution < -0.4 is 10.6 Å². The van der Waals surface area contributed by atoms with E-state index in [0.717, 1.165) is 50.5 Å². The van der Waals surface area contributed by atoms with Crippen molar-refractivity contribution in [3.05, 3.63) is 61.2 Å². The largest absolute Gasteiger partial charge is 0.463 e. The van der Waals surface area contributed by atoms with Gasteiger partial charge in [0.15, 0.2) is 0 Å². The normalized spacial score (nSPS) is 15.9. The summed E-state index contributed by atoms with van der Waals surface area (Å²) in [6.45, 7) is 7.38. The Balaban J connectivity index is 1.99. The van der Waals surface area contributed by atoms with Crippen LogP contribution >= 0.6 is 0 Å². The number of rotatable bonds is 17. The quantitative estimate of drug-likeness (QED) is 0.171. The molecule has 1 fully saturated rings. The third-order valence-electron chi connectivity index (χ3n) is 6.68. The van der Waals surface area contributed by atoms with Gasteiger partial charge in [-0.15, -0.1) is 13.2 Å². The molecular formula is C29H42N2O5. The molecule has 2 atom stereocenters. The van der Waals surface area contributed by atoms with E-state index in [0.29, 0.717) is 19.3 Å². The van der Waals surface area contributed by atoms with Crippen molar-refractivity contribution < 1.29 is 24.2 Å². The Labute approximate surface area is 215 Å². The molecule has 1 aliphatic carbocycles. The summed E-state index contributed by atoms with van der Waals surface area (Å²) in [5.74, 6) is -1.43. The van der Waals surface area contributed by atoms with Crippen LogP contribution in [0.5, 0.6) is 0 Å². The topological polar surface area (TPSA) is 105 Å². The fraction of sp³-hybridized carbons (Fsp3) is 0.552. The van der Waals surface area contributed by atoms with Crippen molar-refractivity contribution in [1.82, 2.24) is 10.6 Å². The maximum atomic E-state index is 13.2. The lowest BCUT2D eigenvalue weighted by atomic mass is 9.95. The summed E-state index contributed by atoms with van der Waals surface area (Å²) in [5.41, 5.74) is 0.427. The number of allylic oxidation sites excluding steroid dienone is 2. The molecule has 1 aliphatic rings. The molecule has 1 aromatic carbocycles. The van der Waals surface area contributed by atoms with Crippen LogP contribution in [0, 0.1) is 5.92 Å². The van der Waals surface area contributed by atoms with Gasteiger partial charge in [-0.1, -0.05) is 55.3 Å². The minimum Gasteiger partial charge on any atom is -0.463 e. The second kappa shape index (κ2) is 15.9. The lowest BCUT2D eigenvalue weighted by Crippen LogP contribution is -2.50.